The number of anilines is 1. The molecule has 3 aromatic carbocycles. The smallest absolute Gasteiger partial charge is 0.337 e. The van der Waals surface area contributed by atoms with Crippen molar-refractivity contribution in [3.05, 3.63) is 93.5 Å². The first-order chi connectivity index (χ1) is 20.7. The standard InChI is InChI=1S/C33H33Cl2FN4O3/c1-19-37-28-15-21(33(42)43-2)11-12-29(28)39(19)14-13-24-17-26(25-7-4-8-27(35)30(25)36)31(40(24)18-20-9-10-20)32(41)38-23-6-3-5-22(34)16-23/h3-8,11-12,15-16,20,24,26,31H,9-10,13-14,17-18H2,1-2H3,(H,38,41)/t24-,26?,31+/m0/s1. The van der Waals surface area contributed by atoms with Gasteiger partial charge in [0.05, 0.1) is 34.8 Å². The van der Waals surface area contributed by atoms with E-state index >= 15 is 4.39 Å². The average Bonchev–Trinajstić information content (AvgIpc) is 3.66. The molecule has 1 aliphatic heterocycles. The lowest BCUT2D eigenvalue weighted by Gasteiger charge is -2.31. The molecule has 7 nitrogen and oxygen atoms in total. The Balaban J connectivity index is 1.32. The van der Waals surface area contributed by atoms with Crippen LogP contribution in [0.4, 0.5) is 10.1 Å². The number of hydrogen-bond acceptors (Lipinski definition) is 5. The molecule has 3 atom stereocenters. The summed E-state index contributed by atoms with van der Waals surface area (Å²) in [5, 5.41) is 3.63. The Labute approximate surface area is 259 Å². The number of carbonyl (C=O) groups excluding carboxylic acids is 2. The number of fused-ring (bicyclic) bond motifs is 1. The average molecular weight is 624 g/mol. The number of halogens is 3. The molecule has 0 bridgehead atoms. The van der Waals surface area contributed by atoms with Crippen molar-refractivity contribution >= 4 is 51.8 Å². The van der Waals surface area contributed by atoms with E-state index in [0.717, 1.165) is 42.7 Å². The highest BCUT2D eigenvalue weighted by molar-refractivity contribution is 6.31. The number of nitrogens with zero attached hydrogens (tertiary/aromatic N) is 3. The summed E-state index contributed by atoms with van der Waals surface area (Å²) in [6, 6.07) is 16.9. The van der Waals surface area contributed by atoms with Crippen molar-refractivity contribution in [2.75, 3.05) is 19.0 Å². The minimum Gasteiger partial charge on any atom is -0.465 e. The highest BCUT2D eigenvalue weighted by atomic mass is 35.5. The highest BCUT2D eigenvalue weighted by Crippen LogP contribution is 2.44. The number of aromatic nitrogens is 2. The summed E-state index contributed by atoms with van der Waals surface area (Å²) in [6.45, 7) is 3.36. The molecule has 1 aliphatic carbocycles. The summed E-state index contributed by atoms with van der Waals surface area (Å²) >= 11 is 12.4. The van der Waals surface area contributed by atoms with E-state index in [4.69, 9.17) is 32.9 Å². The maximum absolute atomic E-state index is 15.5. The minimum absolute atomic E-state index is 0.0188. The molecule has 0 radical (unpaired) electrons. The van der Waals surface area contributed by atoms with Crippen molar-refractivity contribution in [1.29, 1.82) is 0 Å². The van der Waals surface area contributed by atoms with Gasteiger partial charge in [0.15, 0.2) is 0 Å². The molecule has 2 heterocycles. The molecule has 2 fully saturated rings. The minimum atomic E-state index is -0.583. The number of nitrogens with one attached hydrogen (secondary N) is 1. The molecule has 1 aromatic heterocycles. The van der Waals surface area contributed by atoms with Gasteiger partial charge in [0, 0.05) is 35.8 Å². The second-order valence-electron chi connectivity index (χ2n) is 11.5. The van der Waals surface area contributed by atoms with Crippen molar-refractivity contribution in [3.63, 3.8) is 0 Å². The zero-order valence-corrected chi connectivity index (χ0v) is 25.5. The highest BCUT2D eigenvalue weighted by Gasteiger charge is 2.48. The molecule has 10 heteroatoms. The number of esters is 1. The van der Waals surface area contributed by atoms with Crippen LogP contribution >= 0.6 is 23.2 Å². The molecule has 0 spiro atoms. The molecular weight excluding hydrogens is 590 g/mol. The predicted octanol–water partition coefficient (Wildman–Crippen LogP) is 7.24. The van der Waals surface area contributed by atoms with Gasteiger partial charge in [-0.25, -0.2) is 14.2 Å². The third-order valence-electron chi connectivity index (χ3n) is 8.69. The first-order valence-electron chi connectivity index (χ1n) is 14.5. The lowest BCUT2D eigenvalue weighted by molar-refractivity contribution is -0.121. The van der Waals surface area contributed by atoms with Crippen LogP contribution in [0.15, 0.2) is 60.7 Å². The van der Waals surface area contributed by atoms with Crippen LogP contribution in [0.3, 0.4) is 0 Å². The van der Waals surface area contributed by atoms with Gasteiger partial charge in [0.2, 0.25) is 5.91 Å². The molecule has 4 aromatic rings. The molecule has 1 unspecified atom stereocenters. The first kappa shape index (κ1) is 29.6. The number of carbonyl (C=O) groups is 2. The number of methoxy groups -OCH3 is 1. The fourth-order valence-electron chi connectivity index (χ4n) is 6.44. The maximum Gasteiger partial charge on any atom is 0.337 e. The third kappa shape index (κ3) is 6.14. The summed E-state index contributed by atoms with van der Waals surface area (Å²) in [7, 11) is 1.36. The molecule has 1 amide bonds. The Hall–Kier alpha value is -3.46. The quantitative estimate of drug-likeness (QED) is 0.199. The van der Waals surface area contributed by atoms with E-state index in [2.05, 4.69) is 14.8 Å². The zero-order valence-electron chi connectivity index (χ0n) is 24.0. The van der Waals surface area contributed by atoms with E-state index in [1.807, 2.05) is 13.0 Å². The topological polar surface area (TPSA) is 76.5 Å². The maximum atomic E-state index is 15.5. The number of amides is 1. The van der Waals surface area contributed by atoms with Crippen molar-refractivity contribution in [3.8, 4) is 0 Å². The predicted molar refractivity (Wildman–Crippen MR) is 166 cm³/mol. The summed E-state index contributed by atoms with van der Waals surface area (Å²) in [4.78, 5) is 33.1. The van der Waals surface area contributed by atoms with E-state index in [9.17, 15) is 9.59 Å². The number of likely N-dealkylation sites (tertiary alicyclic amines) is 1. The summed E-state index contributed by atoms with van der Waals surface area (Å²) in [6.07, 6.45) is 3.58. The Kier molecular flexibility index (Phi) is 8.45. The molecule has 1 saturated carbocycles. The second kappa shape index (κ2) is 12.3. The Bertz CT molecular complexity index is 1690. The van der Waals surface area contributed by atoms with Crippen molar-refractivity contribution in [2.45, 2.75) is 57.2 Å². The van der Waals surface area contributed by atoms with Crippen LogP contribution in [0.5, 0.6) is 0 Å². The van der Waals surface area contributed by atoms with Gasteiger partial charge >= 0.3 is 5.97 Å². The summed E-state index contributed by atoms with van der Waals surface area (Å²) in [5.74, 6) is -0.105. The molecule has 1 saturated heterocycles. The van der Waals surface area contributed by atoms with Gasteiger partial charge in [0.1, 0.15) is 11.6 Å². The number of imidazole rings is 1. The van der Waals surface area contributed by atoms with Crippen LogP contribution in [0.2, 0.25) is 10.0 Å². The van der Waals surface area contributed by atoms with Crippen molar-refractivity contribution < 1.29 is 18.7 Å². The van der Waals surface area contributed by atoms with E-state index in [-0.39, 0.29) is 22.9 Å². The van der Waals surface area contributed by atoms with Crippen molar-refractivity contribution in [2.24, 2.45) is 5.92 Å². The Morgan fingerprint density at radius 1 is 1.09 bits per heavy atom. The largest absolute Gasteiger partial charge is 0.465 e. The number of rotatable bonds is 9. The SMILES string of the molecule is COC(=O)c1ccc2c(c1)nc(C)n2CC[C@H]1CC(c2cccc(Cl)c2F)[C@H](C(=O)Nc2cccc(Cl)c2)N1CC1CC1. The molecule has 224 valence electrons. The summed E-state index contributed by atoms with van der Waals surface area (Å²) in [5.41, 5.74) is 3.15. The Morgan fingerprint density at radius 2 is 1.88 bits per heavy atom. The van der Waals surface area contributed by atoms with E-state index in [1.54, 1.807) is 48.5 Å². The monoisotopic (exact) mass is 622 g/mol. The van der Waals surface area contributed by atoms with E-state index < -0.39 is 17.8 Å². The lowest BCUT2D eigenvalue weighted by Crippen LogP contribution is -2.46. The fourth-order valence-corrected chi connectivity index (χ4v) is 6.81. The van der Waals surface area contributed by atoms with E-state index in [0.29, 0.717) is 40.7 Å². The fraction of sp³-hybridized carbons (Fsp3) is 0.364. The second-order valence-corrected chi connectivity index (χ2v) is 12.4. The van der Waals surface area contributed by atoms with Gasteiger partial charge in [-0.15, -0.1) is 0 Å². The molecular formula is C33H33Cl2FN4O3. The van der Waals surface area contributed by atoms with E-state index in [1.165, 1.54) is 13.2 Å². The zero-order chi connectivity index (χ0) is 30.2. The number of aryl methyl sites for hydroxylation is 2. The molecule has 2 aliphatic rings. The molecule has 6 rings (SSSR count). The van der Waals surface area contributed by atoms with Gasteiger partial charge in [-0.3, -0.25) is 9.69 Å². The van der Waals surface area contributed by atoms with Gasteiger partial charge in [0.25, 0.3) is 0 Å². The third-order valence-corrected chi connectivity index (χ3v) is 9.21. The van der Waals surface area contributed by atoms with Gasteiger partial charge in [-0.05, 0) is 86.6 Å². The van der Waals surface area contributed by atoms with Crippen LogP contribution in [0.25, 0.3) is 11.0 Å². The first-order valence-corrected chi connectivity index (χ1v) is 15.3. The van der Waals surface area contributed by atoms with Gasteiger partial charge < -0.3 is 14.6 Å². The summed E-state index contributed by atoms with van der Waals surface area (Å²) < 4.78 is 22.5. The number of ether oxygens (including phenoxy) is 1. The van der Waals surface area contributed by atoms with Crippen LogP contribution in [0, 0.1) is 18.7 Å². The normalized spacial score (nSPS) is 20.4. The lowest BCUT2D eigenvalue weighted by atomic mass is 9.89. The van der Waals surface area contributed by atoms with Crippen LogP contribution < -0.4 is 5.32 Å². The number of hydrogen-bond donors (Lipinski definition) is 1. The molecule has 1 N–H and O–H groups in total. The van der Waals surface area contributed by atoms with Crippen LogP contribution in [-0.4, -0.2) is 52.1 Å². The van der Waals surface area contributed by atoms with Gasteiger partial charge in [-0.2, -0.15) is 0 Å². The van der Waals surface area contributed by atoms with Gasteiger partial charge in [-0.1, -0.05) is 41.4 Å². The Morgan fingerprint density at radius 3 is 2.63 bits per heavy atom. The molecule has 43 heavy (non-hydrogen) atoms. The number of benzene rings is 3. The van der Waals surface area contributed by atoms with Crippen LogP contribution in [-0.2, 0) is 16.1 Å². The van der Waals surface area contributed by atoms with Crippen LogP contribution in [0.1, 0.15) is 53.3 Å². The van der Waals surface area contributed by atoms with Crippen molar-refractivity contribution in [1.82, 2.24) is 14.5 Å².